The van der Waals surface area contributed by atoms with Crippen LogP contribution in [0.2, 0.25) is 5.02 Å². The van der Waals surface area contributed by atoms with Crippen molar-refractivity contribution in [1.82, 2.24) is 15.6 Å². The minimum absolute atomic E-state index is 0.265. The van der Waals surface area contributed by atoms with Gasteiger partial charge in [-0.15, -0.1) is 0 Å². The number of pyridine rings is 1. The molecule has 8 heteroatoms. The van der Waals surface area contributed by atoms with Gasteiger partial charge >= 0.3 is 0 Å². The zero-order valence-electron chi connectivity index (χ0n) is 14.0. The van der Waals surface area contributed by atoms with Gasteiger partial charge in [-0.2, -0.15) is 0 Å². The van der Waals surface area contributed by atoms with Crippen molar-refractivity contribution in [3.05, 3.63) is 23.4 Å². The highest BCUT2D eigenvalue weighted by Gasteiger charge is 2.15. The molecule has 7 nitrogen and oxygen atoms in total. The van der Waals surface area contributed by atoms with Crippen molar-refractivity contribution in [2.75, 3.05) is 46.6 Å². The van der Waals surface area contributed by atoms with Crippen LogP contribution < -0.4 is 15.4 Å². The van der Waals surface area contributed by atoms with Gasteiger partial charge in [0.15, 0.2) is 5.96 Å². The van der Waals surface area contributed by atoms with Crippen molar-refractivity contribution in [2.45, 2.75) is 18.9 Å². The molecule has 1 aromatic rings. The molecule has 1 saturated heterocycles. The van der Waals surface area contributed by atoms with Gasteiger partial charge in [-0.25, -0.2) is 4.98 Å². The standard InChI is InChI=1S/C16H25ClN4O3/c1-18-16(19-6-2-8-23-14-5-9-22-12-14)20-7-10-24-15-4-3-13(17)11-21-15/h3-4,11,14H,2,5-10,12H2,1H3,(H2,18,19,20). The highest BCUT2D eigenvalue weighted by molar-refractivity contribution is 6.30. The minimum atomic E-state index is 0.265. The number of aromatic nitrogens is 1. The Labute approximate surface area is 147 Å². The zero-order valence-corrected chi connectivity index (χ0v) is 14.7. The van der Waals surface area contributed by atoms with E-state index in [0.29, 0.717) is 24.1 Å². The Balaban J connectivity index is 1.49. The summed E-state index contributed by atoms with van der Waals surface area (Å²) in [5.41, 5.74) is 0. The summed E-state index contributed by atoms with van der Waals surface area (Å²) in [5, 5.41) is 7.01. The van der Waals surface area contributed by atoms with Crippen molar-refractivity contribution >= 4 is 17.6 Å². The number of rotatable bonds is 9. The first-order valence-electron chi connectivity index (χ1n) is 8.16. The van der Waals surface area contributed by atoms with E-state index in [-0.39, 0.29) is 6.10 Å². The lowest BCUT2D eigenvalue weighted by Crippen LogP contribution is -2.40. The maximum absolute atomic E-state index is 5.77. The predicted molar refractivity (Wildman–Crippen MR) is 93.9 cm³/mol. The van der Waals surface area contributed by atoms with Crippen molar-refractivity contribution in [2.24, 2.45) is 4.99 Å². The molecule has 134 valence electrons. The Bertz CT molecular complexity index is 493. The van der Waals surface area contributed by atoms with E-state index in [0.717, 1.165) is 45.2 Å². The van der Waals surface area contributed by atoms with Gasteiger partial charge in [0, 0.05) is 39.1 Å². The van der Waals surface area contributed by atoms with Crippen molar-refractivity contribution < 1.29 is 14.2 Å². The smallest absolute Gasteiger partial charge is 0.213 e. The number of nitrogens with zero attached hydrogens (tertiary/aromatic N) is 2. The largest absolute Gasteiger partial charge is 0.476 e. The highest BCUT2D eigenvalue weighted by Crippen LogP contribution is 2.11. The fraction of sp³-hybridized carbons (Fsp3) is 0.625. The third kappa shape index (κ3) is 7.33. The van der Waals surface area contributed by atoms with E-state index in [2.05, 4.69) is 20.6 Å². The Kier molecular flexibility index (Phi) is 8.65. The van der Waals surface area contributed by atoms with E-state index in [4.69, 9.17) is 25.8 Å². The number of aliphatic imine (C=N–C) groups is 1. The van der Waals surface area contributed by atoms with E-state index in [9.17, 15) is 0 Å². The van der Waals surface area contributed by atoms with E-state index in [1.54, 1.807) is 25.4 Å². The summed E-state index contributed by atoms with van der Waals surface area (Å²) >= 11 is 5.77. The summed E-state index contributed by atoms with van der Waals surface area (Å²) < 4.78 is 16.5. The van der Waals surface area contributed by atoms with E-state index >= 15 is 0 Å². The van der Waals surface area contributed by atoms with Crippen LogP contribution in [-0.4, -0.2) is 63.6 Å². The fourth-order valence-electron chi connectivity index (χ4n) is 2.17. The molecule has 0 aliphatic carbocycles. The van der Waals surface area contributed by atoms with Crippen LogP contribution in [0.5, 0.6) is 5.88 Å². The van der Waals surface area contributed by atoms with Crippen LogP contribution >= 0.6 is 11.6 Å². The molecule has 0 bridgehead atoms. The molecule has 1 aliphatic heterocycles. The average Bonchev–Trinajstić information content (AvgIpc) is 3.11. The molecule has 2 heterocycles. The fourth-order valence-corrected chi connectivity index (χ4v) is 2.28. The van der Waals surface area contributed by atoms with Gasteiger partial charge in [0.25, 0.3) is 0 Å². The molecule has 1 atom stereocenters. The van der Waals surface area contributed by atoms with Crippen molar-refractivity contribution in [1.29, 1.82) is 0 Å². The summed E-state index contributed by atoms with van der Waals surface area (Å²) in [4.78, 5) is 8.23. The number of halogens is 1. The van der Waals surface area contributed by atoms with Gasteiger partial charge in [0.1, 0.15) is 6.61 Å². The maximum atomic E-state index is 5.77. The van der Waals surface area contributed by atoms with Gasteiger partial charge in [-0.3, -0.25) is 4.99 Å². The normalized spacial score (nSPS) is 17.8. The van der Waals surface area contributed by atoms with Gasteiger partial charge < -0.3 is 24.8 Å². The zero-order chi connectivity index (χ0) is 17.0. The first-order chi connectivity index (χ1) is 11.8. The molecule has 0 spiro atoms. The summed E-state index contributed by atoms with van der Waals surface area (Å²) in [6.45, 7) is 4.17. The van der Waals surface area contributed by atoms with Crippen LogP contribution in [-0.2, 0) is 9.47 Å². The van der Waals surface area contributed by atoms with Crippen LogP contribution in [0.1, 0.15) is 12.8 Å². The Morgan fingerprint density at radius 2 is 2.25 bits per heavy atom. The molecule has 1 fully saturated rings. The molecule has 1 aromatic heterocycles. The van der Waals surface area contributed by atoms with Crippen LogP contribution in [0.25, 0.3) is 0 Å². The molecule has 2 N–H and O–H groups in total. The third-order valence-electron chi connectivity index (χ3n) is 3.42. The number of nitrogens with one attached hydrogen (secondary N) is 2. The quantitative estimate of drug-likeness (QED) is 0.396. The number of hydrogen-bond acceptors (Lipinski definition) is 5. The molecule has 1 unspecified atom stereocenters. The number of hydrogen-bond donors (Lipinski definition) is 2. The van der Waals surface area contributed by atoms with Crippen molar-refractivity contribution in [3.63, 3.8) is 0 Å². The lowest BCUT2D eigenvalue weighted by Gasteiger charge is -2.13. The topological polar surface area (TPSA) is 77.0 Å². The van der Waals surface area contributed by atoms with Crippen LogP contribution in [0.4, 0.5) is 0 Å². The Morgan fingerprint density at radius 1 is 1.38 bits per heavy atom. The van der Waals surface area contributed by atoms with Gasteiger partial charge in [0.05, 0.1) is 24.3 Å². The predicted octanol–water partition coefficient (Wildman–Crippen LogP) is 1.47. The van der Waals surface area contributed by atoms with Gasteiger partial charge in [0.2, 0.25) is 5.88 Å². The molecule has 0 radical (unpaired) electrons. The molecule has 24 heavy (non-hydrogen) atoms. The minimum Gasteiger partial charge on any atom is -0.476 e. The summed E-state index contributed by atoms with van der Waals surface area (Å²) in [6.07, 6.45) is 3.74. The summed E-state index contributed by atoms with van der Waals surface area (Å²) in [5.74, 6) is 1.30. The maximum Gasteiger partial charge on any atom is 0.213 e. The van der Waals surface area contributed by atoms with Gasteiger partial charge in [-0.05, 0) is 18.9 Å². The van der Waals surface area contributed by atoms with Crippen LogP contribution in [0.3, 0.4) is 0 Å². The van der Waals surface area contributed by atoms with E-state index in [1.807, 2.05) is 0 Å². The van der Waals surface area contributed by atoms with E-state index in [1.165, 1.54) is 0 Å². The second kappa shape index (κ2) is 11.1. The second-order valence-electron chi connectivity index (χ2n) is 5.30. The van der Waals surface area contributed by atoms with Crippen LogP contribution in [0.15, 0.2) is 23.3 Å². The molecular weight excluding hydrogens is 332 g/mol. The second-order valence-corrected chi connectivity index (χ2v) is 5.74. The molecule has 0 aromatic carbocycles. The summed E-state index contributed by atoms with van der Waals surface area (Å²) in [7, 11) is 1.74. The highest BCUT2D eigenvalue weighted by atomic mass is 35.5. The monoisotopic (exact) mass is 356 g/mol. The lowest BCUT2D eigenvalue weighted by molar-refractivity contribution is 0.0420. The third-order valence-corrected chi connectivity index (χ3v) is 3.65. The first-order valence-corrected chi connectivity index (χ1v) is 8.54. The number of guanidine groups is 1. The summed E-state index contributed by atoms with van der Waals surface area (Å²) in [6, 6.07) is 3.49. The number of ether oxygens (including phenoxy) is 3. The molecular formula is C16H25ClN4O3. The lowest BCUT2D eigenvalue weighted by atomic mass is 10.3. The molecule has 2 rings (SSSR count). The van der Waals surface area contributed by atoms with E-state index < -0.39 is 0 Å². The van der Waals surface area contributed by atoms with Gasteiger partial charge in [-0.1, -0.05) is 11.6 Å². The Morgan fingerprint density at radius 3 is 2.96 bits per heavy atom. The molecule has 0 amide bonds. The van der Waals surface area contributed by atoms with Crippen molar-refractivity contribution in [3.8, 4) is 5.88 Å². The first kappa shape index (κ1) is 18.8. The SMILES string of the molecule is CN=C(NCCCOC1CCOC1)NCCOc1ccc(Cl)cn1. The van der Waals surface area contributed by atoms with Crippen LogP contribution in [0, 0.1) is 0 Å². The Hall–Kier alpha value is -1.57. The molecule has 0 saturated carbocycles. The molecule has 1 aliphatic rings. The average molecular weight is 357 g/mol.